The van der Waals surface area contributed by atoms with Gasteiger partial charge in [0, 0.05) is 42.7 Å². The predicted octanol–water partition coefficient (Wildman–Crippen LogP) is 12.7. The maximum Gasteiger partial charge on any atom is 0.0736 e. The van der Waals surface area contributed by atoms with Gasteiger partial charge in [0.25, 0.3) is 0 Å². The molecular weight excluding hydrogens is 649 g/mol. The van der Waals surface area contributed by atoms with Crippen LogP contribution in [0.25, 0.3) is 66.1 Å². The smallest absolute Gasteiger partial charge is 0.0736 e. The molecular formula is C49H30N2S. The van der Waals surface area contributed by atoms with Gasteiger partial charge >= 0.3 is 0 Å². The molecule has 2 aliphatic rings. The van der Waals surface area contributed by atoms with Crippen LogP contribution in [0.5, 0.6) is 0 Å². The Labute approximate surface area is 305 Å². The van der Waals surface area contributed by atoms with Crippen LogP contribution in [0, 0.1) is 0 Å². The lowest BCUT2D eigenvalue weighted by Gasteiger charge is -2.39. The molecule has 8 aromatic carbocycles. The first-order valence-electron chi connectivity index (χ1n) is 17.9. The topological polar surface area (TPSA) is 9.86 Å². The van der Waals surface area contributed by atoms with Crippen LogP contribution >= 0.6 is 11.8 Å². The average molecular weight is 679 g/mol. The van der Waals surface area contributed by atoms with Gasteiger partial charge in [-0.3, -0.25) is 0 Å². The highest BCUT2D eigenvalue weighted by molar-refractivity contribution is 7.99. The summed E-state index contributed by atoms with van der Waals surface area (Å²) in [5.74, 6) is 0. The maximum absolute atomic E-state index is 2.52. The summed E-state index contributed by atoms with van der Waals surface area (Å²) in [5.41, 5.74) is 14.9. The summed E-state index contributed by atoms with van der Waals surface area (Å²) in [6.07, 6.45) is 0. The quantitative estimate of drug-likeness (QED) is 0.177. The van der Waals surface area contributed by atoms with Gasteiger partial charge in [0.05, 0.1) is 27.5 Å². The van der Waals surface area contributed by atoms with Crippen LogP contribution in [0.3, 0.4) is 0 Å². The zero-order valence-electron chi connectivity index (χ0n) is 28.1. The van der Waals surface area contributed by atoms with Crippen molar-refractivity contribution in [3.63, 3.8) is 0 Å². The molecule has 1 aliphatic carbocycles. The van der Waals surface area contributed by atoms with Gasteiger partial charge < -0.3 is 9.13 Å². The van der Waals surface area contributed by atoms with Crippen LogP contribution in [-0.4, -0.2) is 9.13 Å². The van der Waals surface area contributed by atoms with Gasteiger partial charge in [-0.25, -0.2) is 0 Å². The van der Waals surface area contributed by atoms with Gasteiger partial charge in [0.1, 0.15) is 0 Å². The van der Waals surface area contributed by atoms with E-state index in [9.17, 15) is 0 Å². The molecule has 2 nitrogen and oxygen atoms in total. The summed E-state index contributed by atoms with van der Waals surface area (Å²) in [6.45, 7) is 0. The third kappa shape index (κ3) is 3.56. The summed E-state index contributed by atoms with van der Waals surface area (Å²) in [4.78, 5) is 2.65. The number of hydrogen-bond donors (Lipinski definition) is 0. The van der Waals surface area contributed by atoms with Crippen molar-refractivity contribution >= 4 is 55.4 Å². The molecule has 1 spiro atoms. The Morgan fingerprint density at radius 1 is 0.327 bits per heavy atom. The molecule has 0 fully saturated rings. The minimum atomic E-state index is -0.416. The fourth-order valence-electron chi connectivity index (χ4n) is 9.55. The molecule has 0 N–H and O–H groups in total. The number of fused-ring (bicyclic) bond motifs is 15. The minimum absolute atomic E-state index is 0.416. The molecule has 1 aliphatic heterocycles. The fraction of sp³-hybridized carbons (Fsp3) is 0.0204. The number of benzene rings is 8. The van der Waals surface area contributed by atoms with Crippen molar-refractivity contribution in [2.75, 3.05) is 0 Å². The van der Waals surface area contributed by atoms with Crippen molar-refractivity contribution in [2.45, 2.75) is 15.2 Å². The van der Waals surface area contributed by atoms with Gasteiger partial charge in [-0.05, 0) is 94.0 Å². The molecule has 0 saturated heterocycles. The lowest BCUT2D eigenvalue weighted by molar-refractivity contribution is 0.724. The van der Waals surface area contributed by atoms with E-state index in [1.165, 1.54) is 86.8 Å². The van der Waals surface area contributed by atoms with Crippen LogP contribution in [-0.2, 0) is 5.41 Å². The van der Waals surface area contributed by atoms with Crippen molar-refractivity contribution in [3.8, 4) is 22.5 Å². The molecule has 0 atom stereocenters. The van der Waals surface area contributed by atoms with Crippen LogP contribution in [0.4, 0.5) is 0 Å². The van der Waals surface area contributed by atoms with E-state index >= 15 is 0 Å². The first kappa shape index (κ1) is 28.4. The van der Waals surface area contributed by atoms with E-state index in [0.717, 1.165) is 11.4 Å². The molecule has 52 heavy (non-hydrogen) atoms. The van der Waals surface area contributed by atoms with E-state index in [1.807, 2.05) is 11.8 Å². The molecule has 242 valence electrons. The lowest BCUT2D eigenvalue weighted by atomic mass is 9.67. The molecule has 12 rings (SSSR count). The second-order valence-corrected chi connectivity index (χ2v) is 15.1. The highest BCUT2D eigenvalue weighted by Crippen LogP contribution is 2.62. The van der Waals surface area contributed by atoms with Crippen molar-refractivity contribution in [3.05, 3.63) is 204 Å². The zero-order chi connectivity index (χ0) is 34.0. The summed E-state index contributed by atoms with van der Waals surface area (Å²) in [6, 6.07) is 67.7. The van der Waals surface area contributed by atoms with Crippen LogP contribution in [0.2, 0.25) is 0 Å². The Morgan fingerprint density at radius 3 is 1.35 bits per heavy atom. The maximum atomic E-state index is 2.52. The number of rotatable bonds is 2. The molecule has 0 bridgehead atoms. The molecule has 3 heterocycles. The normalized spacial score (nSPS) is 13.8. The number of hydrogen-bond acceptors (Lipinski definition) is 1. The largest absolute Gasteiger partial charge is 0.309 e. The second-order valence-electron chi connectivity index (χ2n) is 14.0. The number of para-hydroxylation sites is 3. The van der Waals surface area contributed by atoms with Crippen LogP contribution < -0.4 is 0 Å². The van der Waals surface area contributed by atoms with E-state index in [1.54, 1.807) is 0 Å². The minimum Gasteiger partial charge on any atom is -0.309 e. The molecule has 2 aromatic heterocycles. The summed E-state index contributed by atoms with van der Waals surface area (Å²) in [7, 11) is 0. The first-order valence-corrected chi connectivity index (χ1v) is 18.8. The Bertz CT molecular complexity index is 3010. The fourth-order valence-corrected chi connectivity index (χ4v) is 10.8. The van der Waals surface area contributed by atoms with E-state index in [2.05, 4.69) is 191 Å². The van der Waals surface area contributed by atoms with Gasteiger partial charge in [-0.15, -0.1) is 0 Å². The van der Waals surface area contributed by atoms with Crippen molar-refractivity contribution in [1.29, 1.82) is 0 Å². The molecule has 0 saturated carbocycles. The van der Waals surface area contributed by atoms with E-state index in [4.69, 9.17) is 0 Å². The monoisotopic (exact) mass is 678 g/mol. The molecule has 0 unspecified atom stereocenters. The lowest BCUT2D eigenvalue weighted by Crippen LogP contribution is -2.32. The van der Waals surface area contributed by atoms with E-state index < -0.39 is 5.41 Å². The Kier molecular flexibility index (Phi) is 5.67. The Balaban J connectivity index is 1.13. The highest BCUT2D eigenvalue weighted by atomic mass is 32.2. The van der Waals surface area contributed by atoms with Crippen LogP contribution in [0.15, 0.2) is 192 Å². The summed E-state index contributed by atoms with van der Waals surface area (Å²) < 4.78 is 4.87. The Hall–Kier alpha value is -6.29. The van der Waals surface area contributed by atoms with Crippen LogP contribution in [0.1, 0.15) is 22.3 Å². The van der Waals surface area contributed by atoms with Gasteiger partial charge in [0.15, 0.2) is 0 Å². The summed E-state index contributed by atoms with van der Waals surface area (Å²) >= 11 is 1.91. The molecule has 10 aromatic rings. The number of aromatic nitrogens is 2. The van der Waals surface area contributed by atoms with Gasteiger partial charge in [-0.2, -0.15) is 0 Å². The van der Waals surface area contributed by atoms with E-state index in [0.29, 0.717) is 0 Å². The van der Waals surface area contributed by atoms with Crippen molar-refractivity contribution < 1.29 is 0 Å². The van der Waals surface area contributed by atoms with Crippen molar-refractivity contribution in [1.82, 2.24) is 9.13 Å². The SMILES string of the molecule is c1ccc2c(c1)Sc1cc3c4ccccc4n(-c4ccc(-n5c6ccccc6c6ccccc65)cc4)c3cc1C21c2ccccc2-c2ccccc21. The second kappa shape index (κ2) is 10.4. The van der Waals surface area contributed by atoms with Gasteiger partial charge in [-0.1, -0.05) is 133 Å². The van der Waals surface area contributed by atoms with Crippen molar-refractivity contribution in [2.24, 2.45) is 0 Å². The van der Waals surface area contributed by atoms with E-state index in [-0.39, 0.29) is 0 Å². The van der Waals surface area contributed by atoms with Gasteiger partial charge in [0.2, 0.25) is 0 Å². The third-order valence-corrected chi connectivity index (χ3v) is 12.7. The standard InChI is InChI=1S/C49H30N2S/c1-6-18-39-33(13-1)34-14-2-7-19-40(34)49(39)41-20-8-12-24-47(41)52-48-29-38-37-17-5-11-23-45(37)51(46(38)30-42(48)49)32-27-25-31(26-28-32)50-43-21-9-3-15-35(43)36-16-4-10-22-44(36)50/h1-30H. The zero-order valence-corrected chi connectivity index (χ0v) is 28.9. The predicted molar refractivity (Wildman–Crippen MR) is 217 cm³/mol. The third-order valence-electron chi connectivity index (χ3n) is 11.6. The average Bonchev–Trinajstić information content (AvgIpc) is 3.82. The Morgan fingerprint density at radius 2 is 0.769 bits per heavy atom. The molecule has 3 heteroatoms. The summed E-state index contributed by atoms with van der Waals surface area (Å²) in [5, 5.41) is 5.10. The molecule has 0 amide bonds. The number of nitrogens with zero attached hydrogens (tertiary/aromatic N) is 2. The molecule has 0 radical (unpaired) electrons. The first-order chi connectivity index (χ1) is 25.8. The highest BCUT2D eigenvalue weighted by Gasteiger charge is 2.50.